The molecule has 0 amide bonds. The molecule has 5 heteroatoms. The van der Waals surface area contributed by atoms with Crippen LogP contribution in [0.1, 0.15) is 77.6 Å². The van der Waals surface area contributed by atoms with E-state index in [0.29, 0.717) is 6.61 Å². The molecular formula is C20H34O5. The lowest BCUT2D eigenvalue weighted by molar-refractivity contribution is -0.142. The fourth-order valence-corrected chi connectivity index (χ4v) is 2.77. The summed E-state index contributed by atoms with van der Waals surface area (Å²) in [7, 11) is 0. The van der Waals surface area contributed by atoms with Crippen LogP contribution in [0.3, 0.4) is 0 Å². The van der Waals surface area contributed by atoms with Gasteiger partial charge in [0.1, 0.15) is 6.61 Å². The minimum atomic E-state index is -0.532. The molecule has 1 heterocycles. The Hall–Kier alpha value is -1.36. The van der Waals surface area contributed by atoms with Gasteiger partial charge in [0.15, 0.2) is 0 Å². The molecule has 0 aliphatic carbocycles. The Morgan fingerprint density at radius 2 is 1.52 bits per heavy atom. The number of rotatable bonds is 14. The van der Waals surface area contributed by atoms with Crippen LogP contribution in [0.25, 0.3) is 0 Å². The highest BCUT2D eigenvalue weighted by atomic mass is 16.6. The Bertz CT molecular complexity index is 386. The van der Waals surface area contributed by atoms with Gasteiger partial charge in [-0.2, -0.15) is 0 Å². The Morgan fingerprint density at radius 1 is 0.920 bits per heavy atom. The van der Waals surface area contributed by atoms with Gasteiger partial charge in [-0.3, -0.25) is 0 Å². The number of hydrogen-bond acceptors (Lipinski definition) is 5. The minimum absolute atomic E-state index is 0.00375. The van der Waals surface area contributed by atoms with Crippen molar-refractivity contribution < 1.29 is 23.8 Å². The smallest absolute Gasteiger partial charge is 0.331 e. The third-order valence-electron chi connectivity index (χ3n) is 4.28. The van der Waals surface area contributed by atoms with Gasteiger partial charge in [0.25, 0.3) is 0 Å². The molecule has 5 nitrogen and oxygen atoms in total. The Morgan fingerprint density at radius 3 is 2.12 bits per heavy atom. The number of carbonyl (C=O) groups excluding carboxylic acids is 2. The van der Waals surface area contributed by atoms with Crippen molar-refractivity contribution in [3.63, 3.8) is 0 Å². The van der Waals surface area contributed by atoms with Crippen molar-refractivity contribution in [2.75, 3.05) is 19.8 Å². The topological polar surface area (TPSA) is 61.8 Å². The Labute approximate surface area is 152 Å². The average molecular weight is 354 g/mol. The van der Waals surface area contributed by atoms with Crippen LogP contribution in [-0.2, 0) is 23.8 Å². The first-order valence-electron chi connectivity index (χ1n) is 9.85. The van der Waals surface area contributed by atoms with E-state index in [2.05, 4.69) is 6.92 Å². The summed E-state index contributed by atoms with van der Waals surface area (Å²) in [5, 5.41) is 0. The predicted octanol–water partition coefficient (Wildman–Crippen LogP) is 4.34. The number of carbonyl (C=O) groups is 2. The van der Waals surface area contributed by atoms with E-state index in [0.717, 1.165) is 44.4 Å². The molecule has 0 radical (unpaired) electrons. The normalized spacial score (nSPS) is 17.1. The summed E-state index contributed by atoms with van der Waals surface area (Å²) in [5.41, 5.74) is 0. The molecule has 0 aromatic carbocycles. The highest BCUT2D eigenvalue weighted by Gasteiger charge is 2.16. The molecule has 1 fully saturated rings. The van der Waals surface area contributed by atoms with Crippen molar-refractivity contribution in [3.05, 3.63) is 12.2 Å². The van der Waals surface area contributed by atoms with Crippen LogP contribution in [0.5, 0.6) is 0 Å². The van der Waals surface area contributed by atoms with Gasteiger partial charge >= 0.3 is 11.9 Å². The molecule has 0 spiro atoms. The van der Waals surface area contributed by atoms with Gasteiger partial charge < -0.3 is 14.2 Å². The number of hydrogen-bond donors (Lipinski definition) is 0. The van der Waals surface area contributed by atoms with Crippen molar-refractivity contribution in [1.82, 2.24) is 0 Å². The third kappa shape index (κ3) is 12.6. The van der Waals surface area contributed by atoms with Crippen molar-refractivity contribution in [2.24, 2.45) is 0 Å². The zero-order chi connectivity index (χ0) is 18.2. The molecule has 0 saturated carbocycles. The largest absolute Gasteiger partial charge is 0.463 e. The van der Waals surface area contributed by atoms with Crippen molar-refractivity contribution in [3.8, 4) is 0 Å². The van der Waals surface area contributed by atoms with Crippen molar-refractivity contribution >= 4 is 11.9 Å². The summed E-state index contributed by atoms with van der Waals surface area (Å²) in [6.07, 6.45) is 15.2. The molecule has 0 N–H and O–H groups in total. The number of unbranched alkanes of at least 4 members (excludes halogenated alkanes) is 8. The van der Waals surface area contributed by atoms with Gasteiger partial charge in [-0.25, -0.2) is 9.59 Å². The van der Waals surface area contributed by atoms with Gasteiger partial charge in [0, 0.05) is 18.8 Å². The molecule has 1 unspecified atom stereocenters. The predicted molar refractivity (Wildman–Crippen MR) is 97.3 cm³/mol. The van der Waals surface area contributed by atoms with Crippen LogP contribution in [0, 0.1) is 0 Å². The zero-order valence-electron chi connectivity index (χ0n) is 15.7. The quantitative estimate of drug-likeness (QED) is 0.264. The van der Waals surface area contributed by atoms with E-state index in [1.807, 2.05) is 0 Å². The fraction of sp³-hybridized carbons (Fsp3) is 0.800. The lowest BCUT2D eigenvalue weighted by atomic mass is 10.1. The summed E-state index contributed by atoms with van der Waals surface area (Å²) in [4.78, 5) is 23.0. The van der Waals surface area contributed by atoms with Crippen LogP contribution in [0.2, 0.25) is 0 Å². The first-order valence-corrected chi connectivity index (χ1v) is 9.85. The summed E-state index contributed by atoms with van der Waals surface area (Å²) in [6, 6.07) is 0. The molecule has 0 aromatic rings. The summed E-state index contributed by atoms with van der Waals surface area (Å²) < 4.78 is 15.4. The molecule has 0 aromatic heterocycles. The second-order valence-corrected chi connectivity index (χ2v) is 6.59. The van der Waals surface area contributed by atoms with Crippen LogP contribution in [-0.4, -0.2) is 37.9 Å². The molecular weight excluding hydrogens is 320 g/mol. The summed E-state index contributed by atoms with van der Waals surface area (Å²) >= 11 is 0. The molecule has 1 aliphatic heterocycles. The SMILES string of the molecule is CCCCCCCCCCCOC(=O)/C=C/C(=O)OCC1CCCO1. The first kappa shape index (κ1) is 21.7. The van der Waals surface area contributed by atoms with Crippen molar-refractivity contribution in [2.45, 2.75) is 83.7 Å². The van der Waals surface area contributed by atoms with Gasteiger partial charge in [-0.15, -0.1) is 0 Å². The number of ether oxygens (including phenoxy) is 3. The van der Waals surface area contributed by atoms with E-state index in [-0.39, 0.29) is 12.7 Å². The van der Waals surface area contributed by atoms with Crippen LogP contribution >= 0.6 is 0 Å². The van der Waals surface area contributed by atoms with E-state index >= 15 is 0 Å². The maximum Gasteiger partial charge on any atom is 0.331 e. The lowest BCUT2D eigenvalue weighted by Crippen LogP contribution is -2.16. The van der Waals surface area contributed by atoms with Gasteiger partial charge in [-0.05, 0) is 19.3 Å². The van der Waals surface area contributed by atoms with Gasteiger partial charge in [-0.1, -0.05) is 58.3 Å². The maximum atomic E-state index is 11.5. The lowest BCUT2D eigenvalue weighted by Gasteiger charge is -2.08. The van der Waals surface area contributed by atoms with Gasteiger partial charge in [0.2, 0.25) is 0 Å². The standard InChI is InChI=1S/C20H34O5/c1-2-3-4-5-6-7-8-9-10-15-24-19(21)13-14-20(22)25-17-18-12-11-16-23-18/h13-14,18H,2-12,15-17H2,1H3/b14-13+. The molecule has 25 heavy (non-hydrogen) atoms. The zero-order valence-corrected chi connectivity index (χ0v) is 15.7. The van der Waals surface area contributed by atoms with E-state index in [4.69, 9.17) is 14.2 Å². The second-order valence-electron chi connectivity index (χ2n) is 6.59. The van der Waals surface area contributed by atoms with E-state index in [9.17, 15) is 9.59 Å². The minimum Gasteiger partial charge on any atom is -0.463 e. The fourth-order valence-electron chi connectivity index (χ4n) is 2.77. The molecule has 1 aliphatic rings. The van der Waals surface area contributed by atoms with Crippen LogP contribution in [0.4, 0.5) is 0 Å². The summed E-state index contributed by atoms with van der Waals surface area (Å²) in [6.45, 7) is 3.61. The molecule has 144 valence electrons. The Balaban J connectivity index is 1.91. The number of esters is 2. The molecule has 0 bridgehead atoms. The maximum absolute atomic E-state index is 11.5. The van der Waals surface area contributed by atoms with Crippen LogP contribution < -0.4 is 0 Å². The monoisotopic (exact) mass is 354 g/mol. The average Bonchev–Trinajstić information content (AvgIpc) is 3.13. The van der Waals surface area contributed by atoms with E-state index in [1.54, 1.807) is 0 Å². The van der Waals surface area contributed by atoms with E-state index in [1.165, 1.54) is 44.9 Å². The first-order chi connectivity index (χ1) is 12.2. The van der Waals surface area contributed by atoms with E-state index < -0.39 is 11.9 Å². The van der Waals surface area contributed by atoms with Crippen molar-refractivity contribution in [1.29, 1.82) is 0 Å². The molecule has 1 atom stereocenters. The third-order valence-corrected chi connectivity index (χ3v) is 4.28. The molecule has 1 saturated heterocycles. The van der Waals surface area contributed by atoms with Crippen LogP contribution in [0.15, 0.2) is 12.2 Å². The van der Waals surface area contributed by atoms with Gasteiger partial charge in [0.05, 0.1) is 12.7 Å². The molecule has 1 rings (SSSR count). The second kappa shape index (κ2) is 14.9. The Kier molecular flexibility index (Phi) is 13.0. The highest BCUT2D eigenvalue weighted by Crippen LogP contribution is 2.12. The highest BCUT2D eigenvalue weighted by molar-refractivity contribution is 5.91. The summed E-state index contributed by atoms with van der Waals surface area (Å²) in [5.74, 6) is -1.02.